The van der Waals surface area contributed by atoms with Crippen molar-refractivity contribution < 1.29 is 9.18 Å². The Labute approximate surface area is 135 Å². The fourth-order valence-electron chi connectivity index (χ4n) is 1.96. The van der Waals surface area contributed by atoms with Crippen LogP contribution in [0.15, 0.2) is 42.6 Å². The normalized spacial score (nSPS) is 10.6. The molecule has 0 fully saturated rings. The second-order valence-corrected chi connectivity index (χ2v) is 5.47. The van der Waals surface area contributed by atoms with Crippen LogP contribution in [0.25, 0.3) is 0 Å². The van der Waals surface area contributed by atoms with Gasteiger partial charge < -0.3 is 15.5 Å². The Bertz CT molecular complexity index is 643. The molecule has 0 atom stereocenters. The summed E-state index contributed by atoms with van der Waals surface area (Å²) < 4.78 is 12.8. The van der Waals surface area contributed by atoms with Gasteiger partial charge in [0.2, 0.25) is 0 Å². The fourth-order valence-corrected chi connectivity index (χ4v) is 1.96. The number of anilines is 1. The molecular weight excluding hydrogens is 295 g/mol. The van der Waals surface area contributed by atoms with Crippen LogP contribution >= 0.6 is 0 Å². The summed E-state index contributed by atoms with van der Waals surface area (Å²) in [5, 5.41) is 5.99. The Morgan fingerprint density at radius 2 is 1.96 bits per heavy atom. The van der Waals surface area contributed by atoms with Crippen LogP contribution in [0.2, 0.25) is 0 Å². The first-order valence-electron chi connectivity index (χ1n) is 7.42. The number of halogens is 1. The average Bonchev–Trinajstić information content (AvgIpc) is 2.54. The van der Waals surface area contributed by atoms with Crippen LogP contribution in [0.3, 0.4) is 0 Å². The van der Waals surface area contributed by atoms with Crippen molar-refractivity contribution in [2.45, 2.75) is 6.54 Å². The number of hydrogen-bond donors (Lipinski definition) is 2. The number of nitrogens with zero attached hydrogens (tertiary/aromatic N) is 2. The standard InChI is InChI=1S/C17H21FN4O/c1-22(2)10-9-20-16-11-14(7-8-19-16)17(23)21-12-13-3-5-15(18)6-4-13/h3-8,11H,9-10,12H2,1-2H3,(H,19,20)(H,21,23). The minimum Gasteiger partial charge on any atom is -0.369 e. The number of rotatable bonds is 7. The number of hydrogen-bond acceptors (Lipinski definition) is 4. The van der Waals surface area contributed by atoms with E-state index >= 15 is 0 Å². The summed E-state index contributed by atoms with van der Waals surface area (Å²) in [6.07, 6.45) is 1.60. The smallest absolute Gasteiger partial charge is 0.251 e. The average molecular weight is 316 g/mol. The first-order chi connectivity index (χ1) is 11.0. The van der Waals surface area contributed by atoms with Gasteiger partial charge in [0.1, 0.15) is 11.6 Å². The van der Waals surface area contributed by atoms with Crippen LogP contribution in [0.1, 0.15) is 15.9 Å². The highest BCUT2D eigenvalue weighted by atomic mass is 19.1. The van der Waals surface area contributed by atoms with Crippen molar-refractivity contribution in [2.24, 2.45) is 0 Å². The largest absolute Gasteiger partial charge is 0.369 e. The fraction of sp³-hybridized carbons (Fsp3) is 0.294. The summed E-state index contributed by atoms with van der Waals surface area (Å²) in [4.78, 5) is 18.4. The number of benzene rings is 1. The molecule has 0 saturated heterocycles. The quantitative estimate of drug-likeness (QED) is 0.821. The molecule has 6 heteroatoms. The van der Waals surface area contributed by atoms with Gasteiger partial charge in [0, 0.05) is 31.4 Å². The molecule has 122 valence electrons. The van der Waals surface area contributed by atoms with Crippen LogP contribution in [0.5, 0.6) is 0 Å². The summed E-state index contributed by atoms with van der Waals surface area (Å²) in [5.41, 5.74) is 1.38. The van der Waals surface area contributed by atoms with Crippen LogP contribution in [0, 0.1) is 5.82 Å². The monoisotopic (exact) mass is 316 g/mol. The van der Waals surface area contributed by atoms with Crippen LogP contribution in [-0.2, 0) is 6.54 Å². The molecule has 0 saturated carbocycles. The molecule has 0 aliphatic heterocycles. The molecule has 0 aliphatic carbocycles. The second-order valence-electron chi connectivity index (χ2n) is 5.47. The predicted octanol–water partition coefficient (Wildman–Crippen LogP) is 2.12. The Balaban J connectivity index is 1.90. The van der Waals surface area contributed by atoms with Gasteiger partial charge in [-0.25, -0.2) is 9.37 Å². The predicted molar refractivity (Wildman–Crippen MR) is 88.9 cm³/mol. The highest BCUT2D eigenvalue weighted by Gasteiger charge is 2.07. The Morgan fingerprint density at radius 3 is 2.65 bits per heavy atom. The molecule has 2 N–H and O–H groups in total. The van der Waals surface area contributed by atoms with E-state index in [1.807, 2.05) is 14.1 Å². The van der Waals surface area contributed by atoms with Crippen molar-refractivity contribution in [2.75, 3.05) is 32.5 Å². The lowest BCUT2D eigenvalue weighted by atomic mass is 10.2. The number of likely N-dealkylation sites (N-methyl/N-ethyl adjacent to an activating group) is 1. The molecule has 0 aliphatic rings. The lowest BCUT2D eigenvalue weighted by molar-refractivity contribution is 0.0951. The molecule has 1 aromatic carbocycles. The van der Waals surface area contributed by atoms with Crippen LogP contribution in [0.4, 0.5) is 10.2 Å². The lowest BCUT2D eigenvalue weighted by Gasteiger charge is -2.11. The van der Waals surface area contributed by atoms with E-state index in [9.17, 15) is 9.18 Å². The zero-order valence-electron chi connectivity index (χ0n) is 13.3. The van der Waals surface area contributed by atoms with Gasteiger partial charge in [-0.05, 0) is 43.9 Å². The van der Waals surface area contributed by atoms with E-state index < -0.39 is 0 Å². The summed E-state index contributed by atoms with van der Waals surface area (Å²) in [6.45, 7) is 1.98. The van der Waals surface area contributed by atoms with Gasteiger partial charge in [-0.15, -0.1) is 0 Å². The van der Waals surface area contributed by atoms with Gasteiger partial charge in [-0.2, -0.15) is 0 Å². The van der Waals surface area contributed by atoms with Gasteiger partial charge in [-0.1, -0.05) is 12.1 Å². The third kappa shape index (κ3) is 5.67. The van der Waals surface area contributed by atoms with Crippen molar-refractivity contribution in [3.63, 3.8) is 0 Å². The van der Waals surface area contributed by atoms with E-state index in [1.54, 1.807) is 30.5 Å². The Kier molecular flexibility index (Phi) is 6.05. The number of aromatic nitrogens is 1. The maximum absolute atomic E-state index is 12.8. The number of carbonyl (C=O) groups excluding carboxylic acids is 1. The number of pyridine rings is 1. The maximum atomic E-state index is 12.8. The topological polar surface area (TPSA) is 57.3 Å². The number of carbonyl (C=O) groups is 1. The minimum absolute atomic E-state index is 0.188. The summed E-state index contributed by atoms with van der Waals surface area (Å²) in [5.74, 6) is 0.191. The van der Waals surface area contributed by atoms with Crippen LogP contribution in [-0.4, -0.2) is 43.0 Å². The molecular formula is C17H21FN4O. The molecule has 23 heavy (non-hydrogen) atoms. The van der Waals surface area contributed by atoms with E-state index in [4.69, 9.17) is 0 Å². The van der Waals surface area contributed by atoms with Gasteiger partial charge in [-0.3, -0.25) is 4.79 Å². The van der Waals surface area contributed by atoms with E-state index in [2.05, 4.69) is 20.5 Å². The zero-order valence-corrected chi connectivity index (χ0v) is 13.3. The molecule has 0 spiro atoms. The third-order valence-corrected chi connectivity index (χ3v) is 3.25. The zero-order chi connectivity index (χ0) is 16.7. The van der Waals surface area contributed by atoms with Crippen molar-refractivity contribution in [1.82, 2.24) is 15.2 Å². The number of amides is 1. The summed E-state index contributed by atoms with van der Waals surface area (Å²) in [6, 6.07) is 9.43. The number of nitrogens with one attached hydrogen (secondary N) is 2. The molecule has 2 aromatic rings. The SMILES string of the molecule is CN(C)CCNc1cc(C(=O)NCc2ccc(F)cc2)ccn1. The Morgan fingerprint density at radius 1 is 1.22 bits per heavy atom. The second kappa shape index (κ2) is 8.24. The molecule has 0 radical (unpaired) electrons. The van der Waals surface area contributed by atoms with Gasteiger partial charge in [0.25, 0.3) is 5.91 Å². The molecule has 1 heterocycles. The maximum Gasteiger partial charge on any atom is 0.251 e. The first-order valence-corrected chi connectivity index (χ1v) is 7.42. The van der Waals surface area contributed by atoms with Crippen molar-refractivity contribution in [3.8, 4) is 0 Å². The third-order valence-electron chi connectivity index (χ3n) is 3.25. The molecule has 1 aromatic heterocycles. The van der Waals surface area contributed by atoms with Gasteiger partial charge in [0.15, 0.2) is 0 Å². The van der Waals surface area contributed by atoms with E-state index in [0.29, 0.717) is 17.9 Å². The summed E-state index contributed by atoms with van der Waals surface area (Å²) in [7, 11) is 3.99. The molecule has 0 unspecified atom stereocenters. The van der Waals surface area contributed by atoms with E-state index in [0.717, 1.165) is 18.7 Å². The first kappa shape index (κ1) is 16.9. The molecule has 1 amide bonds. The highest BCUT2D eigenvalue weighted by Crippen LogP contribution is 2.07. The van der Waals surface area contributed by atoms with Gasteiger partial charge >= 0.3 is 0 Å². The van der Waals surface area contributed by atoms with E-state index in [-0.39, 0.29) is 11.7 Å². The van der Waals surface area contributed by atoms with Crippen LogP contribution < -0.4 is 10.6 Å². The van der Waals surface area contributed by atoms with Crippen molar-refractivity contribution >= 4 is 11.7 Å². The highest BCUT2D eigenvalue weighted by molar-refractivity contribution is 5.94. The minimum atomic E-state index is -0.289. The molecule has 5 nitrogen and oxygen atoms in total. The van der Waals surface area contributed by atoms with E-state index in [1.165, 1.54) is 12.1 Å². The Hall–Kier alpha value is -2.47. The molecule has 2 rings (SSSR count). The molecule has 0 bridgehead atoms. The van der Waals surface area contributed by atoms with Gasteiger partial charge in [0.05, 0.1) is 0 Å². The summed E-state index contributed by atoms with van der Waals surface area (Å²) >= 11 is 0. The van der Waals surface area contributed by atoms with Crippen molar-refractivity contribution in [3.05, 3.63) is 59.5 Å². The lowest BCUT2D eigenvalue weighted by Crippen LogP contribution is -2.23. The van der Waals surface area contributed by atoms with Crippen molar-refractivity contribution in [1.29, 1.82) is 0 Å².